The van der Waals surface area contributed by atoms with Crippen LogP contribution in [-0.4, -0.2) is 36.7 Å². The van der Waals surface area contributed by atoms with Crippen molar-refractivity contribution >= 4 is 17.5 Å². The number of aliphatic hydroxyl groups is 1. The lowest BCUT2D eigenvalue weighted by atomic mass is 10.0. The largest absolute Gasteiger partial charge is 0.396 e. The summed E-state index contributed by atoms with van der Waals surface area (Å²) in [5.74, 6) is 0.750. The van der Waals surface area contributed by atoms with Crippen LogP contribution in [0.1, 0.15) is 23.2 Å². The van der Waals surface area contributed by atoms with Crippen molar-refractivity contribution in [2.45, 2.75) is 25.9 Å². The van der Waals surface area contributed by atoms with Crippen molar-refractivity contribution in [2.24, 2.45) is 13.0 Å². The second kappa shape index (κ2) is 8.69. The van der Waals surface area contributed by atoms with Gasteiger partial charge in [-0.25, -0.2) is 9.78 Å². The molecule has 0 saturated carbocycles. The molecule has 0 amide bonds. The van der Waals surface area contributed by atoms with Crippen molar-refractivity contribution in [2.75, 3.05) is 6.61 Å². The van der Waals surface area contributed by atoms with Crippen LogP contribution in [0, 0.1) is 5.92 Å². The summed E-state index contributed by atoms with van der Waals surface area (Å²) < 4.78 is 4.41. The van der Waals surface area contributed by atoms with Gasteiger partial charge in [0.15, 0.2) is 11.2 Å². The van der Waals surface area contributed by atoms with Gasteiger partial charge in [0.2, 0.25) is 0 Å². The van der Waals surface area contributed by atoms with E-state index in [4.69, 9.17) is 0 Å². The maximum absolute atomic E-state index is 13.3. The molecule has 1 aliphatic rings. The topological polar surface area (TPSA) is 99.1 Å². The van der Waals surface area contributed by atoms with Crippen LogP contribution in [0.4, 0.5) is 0 Å². The number of rotatable bonds is 7. The zero-order valence-electron chi connectivity index (χ0n) is 17.3. The fourth-order valence-corrected chi connectivity index (χ4v) is 3.91. The Balaban J connectivity index is 1.97. The van der Waals surface area contributed by atoms with E-state index >= 15 is 0 Å². The molecule has 1 unspecified atom stereocenters. The number of aliphatic hydroxyl groups excluding tert-OH is 1. The summed E-state index contributed by atoms with van der Waals surface area (Å²) in [5.41, 5.74) is 1.11. The van der Waals surface area contributed by atoms with Crippen molar-refractivity contribution in [1.82, 2.24) is 18.7 Å². The molecule has 0 fully saturated rings. The van der Waals surface area contributed by atoms with Crippen molar-refractivity contribution in [3.05, 3.63) is 75.0 Å². The number of benzene rings is 1. The van der Waals surface area contributed by atoms with Crippen LogP contribution in [-0.2, 0) is 20.1 Å². The molecule has 31 heavy (non-hydrogen) atoms. The zero-order chi connectivity index (χ0) is 22.0. The summed E-state index contributed by atoms with van der Waals surface area (Å²) in [4.78, 5) is 41.8. The molecule has 1 atom stereocenters. The Hall–Kier alpha value is -3.52. The van der Waals surface area contributed by atoms with Crippen LogP contribution < -0.4 is 11.2 Å². The maximum Gasteiger partial charge on any atom is 0.332 e. The Labute approximate surface area is 178 Å². The molecule has 2 aromatic heterocycles. The SMILES string of the molecule is Cn1c(=O)n(CCCO)c(=O)c2c1nc(-c1ccc(C=O)cc1)n2CC1C=CC=CC1. The third-order valence-corrected chi connectivity index (χ3v) is 5.56. The number of fused-ring (bicyclic) bond motifs is 1. The van der Waals surface area contributed by atoms with E-state index in [1.54, 1.807) is 31.3 Å². The first-order valence-electron chi connectivity index (χ1n) is 10.2. The minimum absolute atomic E-state index is 0.111. The van der Waals surface area contributed by atoms with Crippen molar-refractivity contribution in [3.63, 3.8) is 0 Å². The highest BCUT2D eigenvalue weighted by Crippen LogP contribution is 2.26. The molecule has 8 heteroatoms. The first-order valence-corrected chi connectivity index (χ1v) is 10.2. The predicted octanol–water partition coefficient (Wildman–Crippen LogP) is 1.89. The highest BCUT2D eigenvalue weighted by molar-refractivity contribution is 5.79. The monoisotopic (exact) mass is 420 g/mol. The lowest BCUT2D eigenvalue weighted by Gasteiger charge is -2.17. The number of aldehydes is 1. The number of carbonyl (C=O) groups is 1. The van der Waals surface area contributed by atoms with Crippen LogP contribution in [0.2, 0.25) is 0 Å². The van der Waals surface area contributed by atoms with Gasteiger partial charge in [-0.2, -0.15) is 0 Å². The Kier molecular flexibility index (Phi) is 5.81. The summed E-state index contributed by atoms with van der Waals surface area (Å²) in [5, 5.41) is 9.18. The Morgan fingerprint density at radius 2 is 1.94 bits per heavy atom. The van der Waals surface area contributed by atoms with Gasteiger partial charge in [0, 0.05) is 37.9 Å². The Bertz CT molecular complexity index is 1290. The second-order valence-electron chi connectivity index (χ2n) is 7.64. The number of nitrogens with zero attached hydrogens (tertiary/aromatic N) is 4. The predicted molar refractivity (Wildman–Crippen MR) is 118 cm³/mol. The van der Waals surface area contributed by atoms with Gasteiger partial charge in [0.25, 0.3) is 5.56 Å². The average Bonchev–Trinajstić information content (AvgIpc) is 3.18. The molecular formula is C23H24N4O4. The summed E-state index contributed by atoms with van der Waals surface area (Å²) in [6.07, 6.45) is 10.1. The third kappa shape index (κ3) is 3.82. The number of hydrogen-bond acceptors (Lipinski definition) is 5. The third-order valence-electron chi connectivity index (χ3n) is 5.56. The molecular weight excluding hydrogens is 396 g/mol. The number of aryl methyl sites for hydroxylation is 1. The first kappa shape index (κ1) is 20.7. The number of allylic oxidation sites excluding steroid dienone is 4. The van der Waals surface area contributed by atoms with E-state index in [1.807, 2.05) is 16.7 Å². The summed E-state index contributed by atoms with van der Waals surface area (Å²) in [6, 6.07) is 6.99. The second-order valence-corrected chi connectivity index (χ2v) is 7.64. The summed E-state index contributed by atoms with van der Waals surface area (Å²) in [7, 11) is 1.60. The van der Waals surface area contributed by atoms with E-state index in [9.17, 15) is 19.5 Å². The molecule has 0 spiro atoms. The number of carbonyl (C=O) groups excluding carboxylic acids is 1. The molecule has 0 radical (unpaired) electrons. The van der Waals surface area contributed by atoms with Gasteiger partial charge in [-0.05, 0) is 18.8 Å². The van der Waals surface area contributed by atoms with E-state index in [-0.39, 0.29) is 19.1 Å². The van der Waals surface area contributed by atoms with Crippen LogP contribution in [0.25, 0.3) is 22.6 Å². The fourth-order valence-electron chi connectivity index (χ4n) is 3.91. The number of aromatic nitrogens is 4. The lowest BCUT2D eigenvalue weighted by Crippen LogP contribution is -2.40. The molecule has 4 rings (SSSR count). The fraction of sp³-hybridized carbons (Fsp3) is 0.304. The summed E-state index contributed by atoms with van der Waals surface area (Å²) >= 11 is 0. The molecule has 0 aliphatic heterocycles. The molecule has 1 aliphatic carbocycles. The normalized spacial score (nSPS) is 15.6. The minimum atomic E-state index is -0.459. The van der Waals surface area contributed by atoms with E-state index in [1.165, 1.54) is 4.57 Å². The molecule has 0 saturated heterocycles. The van der Waals surface area contributed by atoms with E-state index in [0.29, 0.717) is 35.5 Å². The average molecular weight is 420 g/mol. The zero-order valence-corrected chi connectivity index (χ0v) is 17.3. The smallest absolute Gasteiger partial charge is 0.332 e. The Morgan fingerprint density at radius 1 is 1.16 bits per heavy atom. The first-order chi connectivity index (χ1) is 15.0. The van der Waals surface area contributed by atoms with Gasteiger partial charge < -0.3 is 9.67 Å². The molecule has 160 valence electrons. The summed E-state index contributed by atoms with van der Waals surface area (Å²) in [6.45, 7) is 0.550. The van der Waals surface area contributed by atoms with Crippen molar-refractivity contribution in [3.8, 4) is 11.4 Å². The lowest BCUT2D eigenvalue weighted by molar-refractivity contribution is 0.112. The highest BCUT2D eigenvalue weighted by atomic mass is 16.3. The standard InChI is InChI=1S/C23H24N4O4/c1-25-21-19(22(30)26(23(25)31)12-5-13-28)27(14-16-6-3-2-4-7-16)20(24-21)18-10-8-17(15-29)9-11-18/h2-4,6,8-11,15-16,28H,5,7,12-14H2,1H3. The van der Waals surface area contributed by atoms with E-state index in [2.05, 4.69) is 17.1 Å². The molecule has 3 aromatic rings. The van der Waals surface area contributed by atoms with Gasteiger partial charge in [-0.15, -0.1) is 0 Å². The Morgan fingerprint density at radius 3 is 2.58 bits per heavy atom. The van der Waals surface area contributed by atoms with Gasteiger partial charge in [0.1, 0.15) is 12.1 Å². The van der Waals surface area contributed by atoms with Crippen LogP contribution in [0.15, 0.2) is 58.2 Å². The van der Waals surface area contributed by atoms with Crippen LogP contribution in [0.5, 0.6) is 0 Å². The molecule has 1 aromatic carbocycles. The van der Waals surface area contributed by atoms with E-state index in [0.717, 1.165) is 22.8 Å². The highest BCUT2D eigenvalue weighted by Gasteiger charge is 2.22. The molecule has 0 bridgehead atoms. The maximum atomic E-state index is 13.3. The number of hydrogen-bond donors (Lipinski definition) is 1. The minimum Gasteiger partial charge on any atom is -0.396 e. The van der Waals surface area contributed by atoms with Crippen LogP contribution >= 0.6 is 0 Å². The van der Waals surface area contributed by atoms with Crippen molar-refractivity contribution < 1.29 is 9.90 Å². The number of imidazole rings is 1. The van der Waals surface area contributed by atoms with E-state index < -0.39 is 11.2 Å². The van der Waals surface area contributed by atoms with Gasteiger partial charge in [0.05, 0.1) is 0 Å². The van der Waals surface area contributed by atoms with Crippen molar-refractivity contribution in [1.29, 1.82) is 0 Å². The quantitative estimate of drug-likeness (QED) is 0.589. The van der Waals surface area contributed by atoms with Gasteiger partial charge >= 0.3 is 5.69 Å². The molecule has 2 heterocycles. The molecule has 8 nitrogen and oxygen atoms in total. The van der Waals surface area contributed by atoms with Gasteiger partial charge in [-0.1, -0.05) is 48.6 Å². The van der Waals surface area contributed by atoms with Gasteiger partial charge in [-0.3, -0.25) is 18.7 Å². The van der Waals surface area contributed by atoms with Crippen LogP contribution in [0.3, 0.4) is 0 Å². The molecule has 1 N–H and O–H groups in total.